The minimum Gasteiger partial charge on any atom is -0.303 e. The third kappa shape index (κ3) is 5.53. The van der Waals surface area contributed by atoms with Gasteiger partial charge in [-0.05, 0) is 63.4 Å². The third-order valence-corrected chi connectivity index (χ3v) is 5.43. The summed E-state index contributed by atoms with van der Waals surface area (Å²) in [6.45, 7) is 7.46. The summed E-state index contributed by atoms with van der Waals surface area (Å²) in [5.74, 6) is 2.62. The van der Waals surface area contributed by atoms with Gasteiger partial charge in [0.15, 0.2) is 0 Å². The Bertz CT molecular complexity index is 697. The number of halogens is 1. The second kappa shape index (κ2) is 8.98. The van der Waals surface area contributed by atoms with E-state index in [1.165, 1.54) is 31.5 Å². The fourth-order valence-corrected chi connectivity index (χ4v) is 4.01. The van der Waals surface area contributed by atoms with Crippen LogP contribution in [-0.2, 0) is 20.0 Å². The summed E-state index contributed by atoms with van der Waals surface area (Å²) in [5, 5.41) is 5.16. The van der Waals surface area contributed by atoms with Crippen LogP contribution in [-0.4, -0.2) is 57.8 Å². The predicted octanol–water partition coefficient (Wildman–Crippen LogP) is 3.16. The fourth-order valence-electron chi connectivity index (χ4n) is 3.88. The van der Waals surface area contributed by atoms with Crippen LogP contribution in [0.2, 0.25) is 5.02 Å². The quantitative estimate of drug-likeness (QED) is 0.744. The number of piperidine rings is 1. The molecule has 0 radical (unpaired) electrons. The van der Waals surface area contributed by atoms with Gasteiger partial charge in [0.05, 0.1) is 6.54 Å². The van der Waals surface area contributed by atoms with Gasteiger partial charge in [0, 0.05) is 31.7 Å². The number of hydrogen-bond acceptors (Lipinski definition) is 4. The topological polar surface area (TPSA) is 37.2 Å². The number of likely N-dealkylation sites (tertiary alicyclic amines) is 1. The highest BCUT2D eigenvalue weighted by Gasteiger charge is 2.21. The van der Waals surface area contributed by atoms with E-state index in [1.807, 2.05) is 30.8 Å². The number of benzene rings is 1. The van der Waals surface area contributed by atoms with Crippen LogP contribution in [0.25, 0.3) is 0 Å². The zero-order valence-electron chi connectivity index (χ0n) is 16.2. The lowest BCUT2D eigenvalue weighted by Gasteiger charge is -2.34. The molecule has 1 fully saturated rings. The van der Waals surface area contributed by atoms with Gasteiger partial charge < -0.3 is 4.90 Å². The summed E-state index contributed by atoms with van der Waals surface area (Å²) in [6.07, 6.45) is 3.71. The highest BCUT2D eigenvalue weighted by molar-refractivity contribution is 6.30. The van der Waals surface area contributed by atoms with Crippen LogP contribution in [0.5, 0.6) is 0 Å². The van der Waals surface area contributed by atoms with E-state index < -0.39 is 0 Å². The number of nitrogens with zero attached hydrogens (tertiary/aromatic N) is 5. The summed E-state index contributed by atoms with van der Waals surface area (Å²) in [4.78, 5) is 9.52. The maximum Gasteiger partial charge on any atom is 0.147 e. The van der Waals surface area contributed by atoms with Crippen molar-refractivity contribution in [2.24, 2.45) is 13.0 Å². The average Bonchev–Trinajstić information content (AvgIpc) is 2.92. The van der Waals surface area contributed by atoms with Crippen molar-refractivity contribution in [1.29, 1.82) is 0 Å². The molecule has 0 amide bonds. The second-order valence-electron chi connectivity index (χ2n) is 7.58. The van der Waals surface area contributed by atoms with Crippen molar-refractivity contribution in [2.75, 3.05) is 33.2 Å². The molecule has 0 saturated carbocycles. The van der Waals surface area contributed by atoms with Crippen molar-refractivity contribution in [1.82, 2.24) is 24.6 Å². The molecule has 3 rings (SSSR count). The van der Waals surface area contributed by atoms with Gasteiger partial charge in [0.1, 0.15) is 11.6 Å². The monoisotopic (exact) mass is 375 g/mol. The van der Waals surface area contributed by atoms with Crippen molar-refractivity contribution in [3.05, 3.63) is 46.5 Å². The molecule has 2 heterocycles. The molecule has 0 bridgehead atoms. The van der Waals surface area contributed by atoms with Crippen molar-refractivity contribution >= 4 is 11.6 Å². The van der Waals surface area contributed by atoms with E-state index in [1.54, 1.807) is 0 Å². The van der Waals surface area contributed by atoms with Crippen LogP contribution in [0.3, 0.4) is 0 Å². The average molecular weight is 376 g/mol. The number of rotatable bonds is 7. The van der Waals surface area contributed by atoms with E-state index in [2.05, 4.69) is 39.1 Å². The Morgan fingerprint density at radius 3 is 2.73 bits per heavy atom. The van der Waals surface area contributed by atoms with Crippen LogP contribution >= 0.6 is 11.6 Å². The van der Waals surface area contributed by atoms with E-state index in [-0.39, 0.29) is 0 Å². The first-order valence-electron chi connectivity index (χ1n) is 9.51. The van der Waals surface area contributed by atoms with Crippen LogP contribution in [0.1, 0.15) is 30.1 Å². The minimum atomic E-state index is 0.730. The minimum absolute atomic E-state index is 0.730. The molecule has 0 aliphatic carbocycles. The van der Waals surface area contributed by atoms with Gasteiger partial charge in [-0.2, -0.15) is 5.10 Å². The Labute approximate surface area is 162 Å². The lowest BCUT2D eigenvalue weighted by atomic mass is 9.97. The summed E-state index contributed by atoms with van der Waals surface area (Å²) >= 11 is 5.97. The van der Waals surface area contributed by atoms with E-state index in [0.717, 1.165) is 48.6 Å². The maximum absolute atomic E-state index is 5.97. The first kappa shape index (κ1) is 19.3. The van der Waals surface area contributed by atoms with Gasteiger partial charge >= 0.3 is 0 Å². The number of aryl methyl sites for hydroxylation is 2. The zero-order valence-corrected chi connectivity index (χ0v) is 16.9. The van der Waals surface area contributed by atoms with E-state index in [9.17, 15) is 0 Å². The summed E-state index contributed by atoms with van der Waals surface area (Å²) < 4.78 is 1.89. The summed E-state index contributed by atoms with van der Waals surface area (Å²) in [5.41, 5.74) is 1.37. The smallest absolute Gasteiger partial charge is 0.147 e. The zero-order chi connectivity index (χ0) is 18.5. The van der Waals surface area contributed by atoms with E-state index >= 15 is 0 Å². The van der Waals surface area contributed by atoms with Crippen molar-refractivity contribution in [3.8, 4) is 0 Å². The van der Waals surface area contributed by atoms with Crippen molar-refractivity contribution < 1.29 is 0 Å². The van der Waals surface area contributed by atoms with Gasteiger partial charge in [-0.15, -0.1) is 0 Å². The molecule has 1 aliphatic heterocycles. The molecule has 0 unspecified atom stereocenters. The molecule has 5 nitrogen and oxygen atoms in total. The Hall–Kier alpha value is -1.43. The molecule has 1 aromatic heterocycles. The third-order valence-electron chi connectivity index (χ3n) is 5.17. The van der Waals surface area contributed by atoms with Gasteiger partial charge in [0.25, 0.3) is 0 Å². The molecular formula is C20H30ClN5. The standard InChI is InChI=1S/C20H30ClN5/c1-16-22-20(25(3)23-16)15-24(2)13-18-5-4-11-26(14-18)12-10-17-6-8-19(21)9-7-17/h6-9,18H,4-5,10-15H2,1-3H3/t18-/m1/s1. The van der Waals surface area contributed by atoms with Gasteiger partial charge in [-0.1, -0.05) is 23.7 Å². The largest absolute Gasteiger partial charge is 0.303 e. The normalized spacial score (nSPS) is 18.6. The molecule has 26 heavy (non-hydrogen) atoms. The van der Waals surface area contributed by atoms with Gasteiger partial charge in [-0.3, -0.25) is 9.58 Å². The first-order valence-corrected chi connectivity index (χ1v) is 9.89. The molecule has 0 spiro atoms. The highest BCUT2D eigenvalue weighted by atomic mass is 35.5. The molecule has 6 heteroatoms. The Morgan fingerprint density at radius 2 is 2.04 bits per heavy atom. The molecule has 1 aromatic carbocycles. The van der Waals surface area contributed by atoms with Gasteiger partial charge in [-0.25, -0.2) is 4.98 Å². The van der Waals surface area contributed by atoms with Crippen molar-refractivity contribution in [3.63, 3.8) is 0 Å². The molecule has 1 saturated heterocycles. The second-order valence-corrected chi connectivity index (χ2v) is 8.02. The molecule has 0 N–H and O–H groups in total. The molecular weight excluding hydrogens is 346 g/mol. The number of hydrogen-bond donors (Lipinski definition) is 0. The summed E-state index contributed by atoms with van der Waals surface area (Å²) in [7, 11) is 4.17. The SMILES string of the molecule is Cc1nc(CN(C)C[C@H]2CCCN(CCc3ccc(Cl)cc3)C2)n(C)n1. The molecule has 2 aromatic rings. The van der Waals surface area contributed by atoms with E-state index in [4.69, 9.17) is 11.6 Å². The van der Waals surface area contributed by atoms with Crippen LogP contribution in [0, 0.1) is 12.8 Å². The molecule has 142 valence electrons. The van der Waals surface area contributed by atoms with Crippen molar-refractivity contribution in [2.45, 2.75) is 32.7 Å². The number of aromatic nitrogens is 3. The Morgan fingerprint density at radius 1 is 1.27 bits per heavy atom. The maximum atomic E-state index is 5.97. The molecule has 1 atom stereocenters. The molecule has 1 aliphatic rings. The first-order chi connectivity index (χ1) is 12.5. The fraction of sp³-hybridized carbons (Fsp3) is 0.600. The lowest BCUT2D eigenvalue weighted by molar-refractivity contribution is 0.141. The van der Waals surface area contributed by atoms with Gasteiger partial charge in [0.2, 0.25) is 0 Å². The van der Waals surface area contributed by atoms with Crippen LogP contribution < -0.4 is 0 Å². The lowest BCUT2D eigenvalue weighted by Crippen LogP contribution is -2.41. The highest BCUT2D eigenvalue weighted by Crippen LogP contribution is 2.19. The predicted molar refractivity (Wildman–Crippen MR) is 106 cm³/mol. The van der Waals surface area contributed by atoms with Crippen LogP contribution in [0.4, 0.5) is 0 Å². The van der Waals surface area contributed by atoms with Crippen LogP contribution in [0.15, 0.2) is 24.3 Å². The Balaban J connectivity index is 1.45. The Kier molecular flexibility index (Phi) is 6.68. The van der Waals surface area contributed by atoms with E-state index in [0.29, 0.717) is 0 Å². The summed E-state index contributed by atoms with van der Waals surface area (Å²) in [6, 6.07) is 8.25.